The second-order valence-electron chi connectivity index (χ2n) is 6.65. The number of hydrogen-bond donors (Lipinski definition) is 1. The van der Waals surface area contributed by atoms with Gasteiger partial charge < -0.3 is 10.1 Å². The molecular formula is C22H26N2O2. The van der Waals surface area contributed by atoms with Crippen LogP contribution in [0.2, 0.25) is 0 Å². The van der Waals surface area contributed by atoms with Crippen molar-refractivity contribution in [2.24, 2.45) is 0 Å². The lowest BCUT2D eigenvalue weighted by atomic mass is 10.0. The summed E-state index contributed by atoms with van der Waals surface area (Å²) in [6.45, 7) is 2.94. The Kier molecular flexibility index (Phi) is 6.45. The number of piperidine rings is 1. The van der Waals surface area contributed by atoms with Crippen LogP contribution in [0.3, 0.4) is 0 Å². The molecule has 0 radical (unpaired) electrons. The van der Waals surface area contributed by atoms with Crippen molar-refractivity contribution in [3.8, 4) is 5.75 Å². The summed E-state index contributed by atoms with van der Waals surface area (Å²) >= 11 is 0. The lowest BCUT2D eigenvalue weighted by Gasteiger charge is -2.32. The Hall–Kier alpha value is -2.59. The minimum Gasteiger partial charge on any atom is -0.497 e. The van der Waals surface area contributed by atoms with Gasteiger partial charge in [-0.2, -0.15) is 0 Å². The molecule has 1 aliphatic rings. The van der Waals surface area contributed by atoms with Crippen LogP contribution < -0.4 is 10.1 Å². The smallest absolute Gasteiger partial charge is 0.244 e. The molecule has 0 atom stereocenters. The van der Waals surface area contributed by atoms with Crippen molar-refractivity contribution in [3.63, 3.8) is 0 Å². The molecule has 0 bridgehead atoms. The van der Waals surface area contributed by atoms with Crippen LogP contribution in [0.5, 0.6) is 5.75 Å². The fourth-order valence-corrected chi connectivity index (χ4v) is 3.21. The van der Waals surface area contributed by atoms with Crippen LogP contribution in [0.4, 0.5) is 0 Å². The van der Waals surface area contributed by atoms with Crippen LogP contribution in [0.25, 0.3) is 6.08 Å². The third-order valence-corrected chi connectivity index (χ3v) is 4.73. The van der Waals surface area contributed by atoms with Gasteiger partial charge in [0.1, 0.15) is 5.75 Å². The lowest BCUT2D eigenvalue weighted by molar-refractivity contribution is -0.117. The number of rotatable bonds is 6. The predicted octanol–water partition coefficient (Wildman–Crippen LogP) is 3.49. The van der Waals surface area contributed by atoms with Crippen LogP contribution in [-0.2, 0) is 11.3 Å². The van der Waals surface area contributed by atoms with E-state index < -0.39 is 0 Å². The Morgan fingerprint density at radius 1 is 1.12 bits per heavy atom. The van der Waals surface area contributed by atoms with E-state index in [0.717, 1.165) is 43.8 Å². The molecule has 1 heterocycles. The molecule has 0 unspecified atom stereocenters. The summed E-state index contributed by atoms with van der Waals surface area (Å²) in [6, 6.07) is 18.4. The summed E-state index contributed by atoms with van der Waals surface area (Å²) in [7, 11) is 1.68. The van der Waals surface area contributed by atoms with E-state index >= 15 is 0 Å². The van der Waals surface area contributed by atoms with Gasteiger partial charge in [-0.3, -0.25) is 9.69 Å². The van der Waals surface area contributed by atoms with E-state index in [1.807, 2.05) is 48.5 Å². The van der Waals surface area contributed by atoms with Gasteiger partial charge in [-0.15, -0.1) is 0 Å². The van der Waals surface area contributed by atoms with Crippen molar-refractivity contribution in [2.45, 2.75) is 25.4 Å². The molecule has 1 amide bonds. The van der Waals surface area contributed by atoms with E-state index in [-0.39, 0.29) is 11.9 Å². The zero-order valence-electron chi connectivity index (χ0n) is 15.2. The standard InChI is InChI=1S/C22H26N2O2/c1-26-21-10-7-19(8-11-21)17-24-15-13-20(14-16-24)23-22(25)12-9-18-5-3-2-4-6-18/h2-12,20H,13-17H2,1H3,(H,23,25)/b12-9+. The maximum absolute atomic E-state index is 12.1. The minimum absolute atomic E-state index is 0.0116. The third kappa shape index (κ3) is 5.46. The van der Waals surface area contributed by atoms with Crippen LogP contribution >= 0.6 is 0 Å². The summed E-state index contributed by atoms with van der Waals surface area (Å²) in [5.41, 5.74) is 2.33. The quantitative estimate of drug-likeness (QED) is 0.811. The molecule has 0 aromatic heterocycles. The van der Waals surface area contributed by atoms with Crippen LogP contribution in [-0.4, -0.2) is 37.0 Å². The Morgan fingerprint density at radius 2 is 1.81 bits per heavy atom. The number of carbonyl (C=O) groups excluding carboxylic acids is 1. The topological polar surface area (TPSA) is 41.6 Å². The first-order chi connectivity index (χ1) is 12.7. The number of carbonyl (C=O) groups is 1. The van der Waals surface area contributed by atoms with E-state index in [2.05, 4.69) is 22.3 Å². The molecular weight excluding hydrogens is 324 g/mol. The number of benzene rings is 2. The fraction of sp³-hybridized carbons (Fsp3) is 0.318. The zero-order chi connectivity index (χ0) is 18.2. The largest absolute Gasteiger partial charge is 0.497 e. The zero-order valence-corrected chi connectivity index (χ0v) is 15.2. The van der Waals surface area contributed by atoms with Gasteiger partial charge in [0.2, 0.25) is 5.91 Å². The van der Waals surface area contributed by atoms with Crippen molar-refractivity contribution in [1.82, 2.24) is 10.2 Å². The van der Waals surface area contributed by atoms with E-state index in [1.54, 1.807) is 13.2 Å². The highest BCUT2D eigenvalue weighted by Gasteiger charge is 2.20. The number of nitrogens with zero attached hydrogens (tertiary/aromatic N) is 1. The van der Waals surface area contributed by atoms with Crippen molar-refractivity contribution in [1.29, 1.82) is 0 Å². The van der Waals surface area contributed by atoms with E-state index in [1.165, 1.54) is 5.56 Å². The third-order valence-electron chi connectivity index (χ3n) is 4.73. The molecule has 4 nitrogen and oxygen atoms in total. The van der Waals surface area contributed by atoms with Gasteiger partial charge in [-0.25, -0.2) is 0 Å². The average molecular weight is 350 g/mol. The molecule has 0 aliphatic carbocycles. The molecule has 4 heteroatoms. The molecule has 1 fully saturated rings. The predicted molar refractivity (Wildman–Crippen MR) is 105 cm³/mol. The highest BCUT2D eigenvalue weighted by Crippen LogP contribution is 2.16. The lowest BCUT2D eigenvalue weighted by Crippen LogP contribution is -2.43. The van der Waals surface area contributed by atoms with Gasteiger partial charge in [0, 0.05) is 31.8 Å². The molecule has 3 rings (SSSR count). The van der Waals surface area contributed by atoms with E-state index in [4.69, 9.17) is 4.74 Å². The summed E-state index contributed by atoms with van der Waals surface area (Å²) in [4.78, 5) is 14.5. The molecule has 136 valence electrons. The molecule has 1 N–H and O–H groups in total. The maximum Gasteiger partial charge on any atom is 0.244 e. The maximum atomic E-state index is 12.1. The van der Waals surface area contributed by atoms with Gasteiger partial charge in [0.25, 0.3) is 0 Å². The van der Waals surface area contributed by atoms with Crippen LogP contribution in [0.1, 0.15) is 24.0 Å². The SMILES string of the molecule is COc1ccc(CN2CCC(NC(=O)/C=C/c3ccccc3)CC2)cc1. The number of ether oxygens (including phenoxy) is 1. The Balaban J connectivity index is 1.41. The summed E-state index contributed by atoms with van der Waals surface area (Å²) < 4.78 is 5.20. The van der Waals surface area contributed by atoms with Crippen LogP contribution in [0.15, 0.2) is 60.7 Å². The molecule has 0 spiro atoms. The van der Waals surface area contributed by atoms with Crippen molar-refractivity contribution < 1.29 is 9.53 Å². The van der Waals surface area contributed by atoms with E-state index in [9.17, 15) is 4.79 Å². The number of amides is 1. The molecule has 2 aromatic carbocycles. The minimum atomic E-state index is -0.0116. The number of hydrogen-bond acceptors (Lipinski definition) is 3. The van der Waals surface area contributed by atoms with E-state index in [0.29, 0.717) is 0 Å². The number of likely N-dealkylation sites (tertiary alicyclic amines) is 1. The summed E-state index contributed by atoms with van der Waals surface area (Å²) in [5, 5.41) is 3.12. The molecule has 2 aromatic rings. The first kappa shape index (κ1) is 18.2. The summed E-state index contributed by atoms with van der Waals surface area (Å²) in [5.74, 6) is 0.876. The Labute approximate surface area is 155 Å². The monoisotopic (exact) mass is 350 g/mol. The van der Waals surface area contributed by atoms with Crippen molar-refractivity contribution >= 4 is 12.0 Å². The summed E-state index contributed by atoms with van der Waals surface area (Å²) in [6.07, 6.45) is 5.45. The van der Waals surface area contributed by atoms with Crippen molar-refractivity contribution in [3.05, 3.63) is 71.8 Å². The molecule has 26 heavy (non-hydrogen) atoms. The van der Waals surface area contributed by atoms with Gasteiger partial charge >= 0.3 is 0 Å². The van der Waals surface area contributed by atoms with Gasteiger partial charge in [-0.1, -0.05) is 42.5 Å². The second kappa shape index (κ2) is 9.20. The van der Waals surface area contributed by atoms with Gasteiger partial charge in [0.05, 0.1) is 7.11 Å². The van der Waals surface area contributed by atoms with Gasteiger partial charge in [0.15, 0.2) is 0 Å². The highest BCUT2D eigenvalue weighted by atomic mass is 16.5. The highest BCUT2D eigenvalue weighted by molar-refractivity contribution is 5.91. The molecule has 0 saturated carbocycles. The Morgan fingerprint density at radius 3 is 2.46 bits per heavy atom. The molecule has 1 aliphatic heterocycles. The molecule has 1 saturated heterocycles. The second-order valence-corrected chi connectivity index (χ2v) is 6.65. The van der Waals surface area contributed by atoms with Crippen LogP contribution in [0, 0.1) is 0 Å². The van der Waals surface area contributed by atoms with Crippen molar-refractivity contribution in [2.75, 3.05) is 20.2 Å². The first-order valence-electron chi connectivity index (χ1n) is 9.12. The number of methoxy groups -OCH3 is 1. The average Bonchev–Trinajstić information content (AvgIpc) is 2.69. The van der Waals surface area contributed by atoms with Gasteiger partial charge in [-0.05, 0) is 42.2 Å². The first-order valence-corrected chi connectivity index (χ1v) is 9.12. The fourth-order valence-electron chi connectivity index (χ4n) is 3.21. The Bertz CT molecular complexity index is 718. The number of nitrogens with one attached hydrogen (secondary N) is 1. The normalized spacial score (nSPS) is 15.9.